The Hall–Kier alpha value is -0.120. The van der Waals surface area contributed by atoms with Crippen LogP contribution in [0.4, 0.5) is 0 Å². The van der Waals surface area contributed by atoms with Crippen LogP contribution in [0.1, 0.15) is 6.42 Å². The fourth-order valence-corrected chi connectivity index (χ4v) is 1.06. The molecule has 3 nitrogen and oxygen atoms in total. The third-order valence-corrected chi connectivity index (χ3v) is 1.80. The fourth-order valence-electron chi connectivity index (χ4n) is 1.06. The quantitative estimate of drug-likeness (QED) is 0.496. The minimum atomic E-state index is 0.714. The fraction of sp³-hybridized carbons (Fsp3) is 1.00. The monoisotopic (exact) mass is 129 g/mol. The lowest BCUT2D eigenvalue weighted by molar-refractivity contribution is 0.226. The Kier molecular flexibility index (Phi) is 2.45. The number of nitrogens with one attached hydrogen (secondary N) is 2. The molecule has 54 valence electrons. The summed E-state index contributed by atoms with van der Waals surface area (Å²) in [5.41, 5.74) is 6.22. The van der Waals surface area contributed by atoms with E-state index in [-0.39, 0.29) is 0 Å². The molecule has 0 amide bonds. The maximum absolute atomic E-state index is 3.12. The minimum absolute atomic E-state index is 0.714. The number of likely N-dealkylation sites (N-methyl/N-ethyl adjacent to an activating group) is 1. The molecule has 0 aromatic carbocycles. The largest absolute Gasteiger partial charge is 0.305 e. The van der Waals surface area contributed by atoms with E-state index in [1.807, 2.05) is 0 Å². The lowest BCUT2D eigenvalue weighted by Crippen LogP contribution is -2.50. The zero-order chi connectivity index (χ0) is 6.69. The SMILES string of the molecule is CN(C)C1CCNNC1. The van der Waals surface area contributed by atoms with Gasteiger partial charge in [0, 0.05) is 19.1 Å². The second-order valence-electron chi connectivity index (χ2n) is 2.71. The molecule has 0 bridgehead atoms. The van der Waals surface area contributed by atoms with Gasteiger partial charge in [-0.25, -0.2) is 0 Å². The summed E-state index contributed by atoms with van der Waals surface area (Å²) < 4.78 is 0. The van der Waals surface area contributed by atoms with Crippen molar-refractivity contribution in [1.29, 1.82) is 0 Å². The van der Waals surface area contributed by atoms with Crippen molar-refractivity contribution in [2.24, 2.45) is 0 Å². The highest BCUT2D eigenvalue weighted by Crippen LogP contribution is 1.98. The first kappa shape index (κ1) is 6.99. The summed E-state index contributed by atoms with van der Waals surface area (Å²) in [5.74, 6) is 0. The lowest BCUT2D eigenvalue weighted by Gasteiger charge is -2.28. The molecular weight excluding hydrogens is 114 g/mol. The molecule has 0 saturated carbocycles. The highest BCUT2D eigenvalue weighted by molar-refractivity contribution is 4.72. The van der Waals surface area contributed by atoms with Crippen LogP contribution in [0.2, 0.25) is 0 Å². The van der Waals surface area contributed by atoms with Gasteiger partial charge in [-0.05, 0) is 20.5 Å². The Balaban J connectivity index is 2.23. The van der Waals surface area contributed by atoms with Crippen molar-refractivity contribution in [2.75, 3.05) is 27.2 Å². The molecule has 1 fully saturated rings. The number of hydrogen-bond donors (Lipinski definition) is 2. The second-order valence-corrected chi connectivity index (χ2v) is 2.71. The molecule has 3 heteroatoms. The van der Waals surface area contributed by atoms with E-state index in [2.05, 4.69) is 29.8 Å². The Morgan fingerprint density at radius 1 is 1.33 bits per heavy atom. The van der Waals surface area contributed by atoms with Crippen LogP contribution in [0.3, 0.4) is 0 Å². The lowest BCUT2D eigenvalue weighted by atomic mass is 10.2. The summed E-state index contributed by atoms with van der Waals surface area (Å²) in [4.78, 5) is 2.26. The molecular formula is C6H15N3. The van der Waals surface area contributed by atoms with Gasteiger partial charge in [-0.1, -0.05) is 0 Å². The first-order valence-electron chi connectivity index (χ1n) is 3.43. The molecule has 1 aliphatic heterocycles. The number of nitrogens with zero attached hydrogens (tertiary/aromatic N) is 1. The van der Waals surface area contributed by atoms with E-state index in [1.165, 1.54) is 6.42 Å². The molecule has 0 spiro atoms. The normalized spacial score (nSPS) is 29.0. The number of hydrogen-bond acceptors (Lipinski definition) is 3. The molecule has 1 unspecified atom stereocenters. The van der Waals surface area contributed by atoms with E-state index in [4.69, 9.17) is 0 Å². The summed E-state index contributed by atoms with van der Waals surface area (Å²) in [7, 11) is 4.25. The molecule has 0 aromatic rings. The van der Waals surface area contributed by atoms with E-state index in [9.17, 15) is 0 Å². The summed E-state index contributed by atoms with van der Waals surface area (Å²) in [6, 6.07) is 0.714. The number of hydrazine groups is 1. The Bertz CT molecular complexity index is 76.4. The minimum Gasteiger partial charge on any atom is -0.305 e. The van der Waals surface area contributed by atoms with Crippen molar-refractivity contribution in [3.05, 3.63) is 0 Å². The third-order valence-electron chi connectivity index (χ3n) is 1.80. The molecule has 2 N–H and O–H groups in total. The Labute approximate surface area is 56.4 Å². The van der Waals surface area contributed by atoms with Crippen molar-refractivity contribution in [1.82, 2.24) is 15.8 Å². The molecule has 1 atom stereocenters. The third kappa shape index (κ3) is 1.93. The Morgan fingerprint density at radius 2 is 2.11 bits per heavy atom. The summed E-state index contributed by atoms with van der Waals surface area (Å²) in [5, 5.41) is 0. The number of rotatable bonds is 1. The predicted molar refractivity (Wildman–Crippen MR) is 38.1 cm³/mol. The average molecular weight is 129 g/mol. The smallest absolute Gasteiger partial charge is 0.0256 e. The molecule has 1 aliphatic rings. The Morgan fingerprint density at radius 3 is 2.44 bits per heavy atom. The van der Waals surface area contributed by atoms with Gasteiger partial charge in [0.05, 0.1) is 0 Å². The summed E-state index contributed by atoms with van der Waals surface area (Å²) >= 11 is 0. The van der Waals surface area contributed by atoms with Gasteiger partial charge < -0.3 is 4.90 Å². The van der Waals surface area contributed by atoms with Crippen LogP contribution in [0, 0.1) is 0 Å². The van der Waals surface area contributed by atoms with Gasteiger partial charge in [-0.15, -0.1) is 0 Å². The average Bonchev–Trinajstić information content (AvgIpc) is 1.90. The zero-order valence-electron chi connectivity index (χ0n) is 6.15. The van der Waals surface area contributed by atoms with Gasteiger partial charge >= 0.3 is 0 Å². The van der Waals surface area contributed by atoms with Crippen molar-refractivity contribution in [3.8, 4) is 0 Å². The van der Waals surface area contributed by atoms with Gasteiger partial charge in [-0.3, -0.25) is 10.9 Å². The molecule has 0 radical (unpaired) electrons. The van der Waals surface area contributed by atoms with Crippen LogP contribution in [0.15, 0.2) is 0 Å². The summed E-state index contributed by atoms with van der Waals surface area (Å²) in [6.45, 7) is 2.15. The first-order valence-corrected chi connectivity index (χ1v) is 3.43. The van der Waals surface area contributed by atoms with Gasteiger partial charge in [0.1, 0.15) is 0 Å². The molecule has 9 heavy (non-hydrogen) atoms. The van der Waals surface area contributed by atoms with Crippen molar-refractivity contribution in [2.45, 2.75) is 12.5 Å². The zero-order valence-corrected chi connectivity index (χ0v) is 6.15. The van der Waals surface area contributed by atoms with Gasteiger partial charge in [0.15, 0.2) is 0 Å². The molecule has 0 aromatic heterocycles. The van der Waals surface area contributed by atoms with Crippen LogP contribution in [0.25, 0.3) is 0 Å². The van der Waals surface area contributed by atoms with Crippen molar-refractivity contribution >= 4 is 0 Å². The topological polar surface area (TPSA) is 27.3 Å². The molecule has 1 saturated heterocycles. The van der Waals surface area contributed by atoms with Crippen molar-refractivity contribution < 1.29 is 0 Å². The van der Waals surface area contributed by atoms with Crippen LogP contribution in [0.5, 0.6) is 0 Å². The highest BCUT2D eigenvalue weighted by Gasteiger charge is 2.13. The molecule has 1 rings (SSSR count). The van der Waals surface area contributed by atoms with Crippen LogP contribution >= 0.6 is 0 Å². The maximum atomic E-state index is 3.12. The first-order chi connectivity index (χ1) is 4.30. The van der Waals surface area contributed by atoms with E-state index >= 15 is 0 Å². The van der Waals surface area contributed by atoms with Gasteiger partial charge in [-0.2, -0.15) is 0 Å². The van der Waals surface area contributed by atoms with Gasteiger partial charge in [0.2, 0.25) is 0 Å². The van der Waals surface area contributed by atoms with E-state index in [0.29, 0.717) is 6.04 Å². The predicted octanol–water partition coefficient (Wildman–Crippen LogP) is -0.585. The highest BCUT2D eigenvalue weighted by atomic mass is 15.4. The molecule has 1 heterocycles. The molecule has 0 aliphatic carbocycles. The van der Waals surface area contributed by atoms with E-state index in [0.717, 1.165) is 13.1 Å². The van der Waals surface area contributed by atoms with Crippen LogP contribution in [-0.4, -0.2) is 38.1 Å². The van der Waals surface area contributed by atoms with E-state index < -0.39 is 0 Å². The van der Waals surface area contributed by atoms with Crippen molar-refractivity contribution in [3.63, 3.8) is 0 Å². The van der Waals surface area contributed by atoms with Crippen LogP contribution < -0.4 is 10.9 Å². The maximum Gasteiger partial charge on any atom is 0.0256 e. The van der Waals surface area contributed by atoms with E-state index in [1.54, 1.807) is 0 Å². The second kappa shape index (κ2) is 3.15. The standard InChI is InChI=1S/C6H15N3/c1-9(2)6-3-4-7-8-5-6/h6-8H,3-5H2,1-2H3. The summed E-state index contributed by atoms with van der Waals surface area (Å²) in [6.07, 6.45) is 1.25. The van der Waals surface area contributed by atoms with Gasteiger partial charge in [0.25, 0.3) is 0 Å². The van der Waals surface area contributed by atoms with Crippen LogP contribution in [-0.2, 0) is 0 Å².